The van der Waals surface area contributed by atoms with Gasteiger partial charge < -0.3 is 10.6 Å². The molecule has 1 aromatic carbocycles. The summed E-state index contributed by atoms with van der Waals surface area (Å²) in [4.78, 5) is 34.5. The number of nitro benzene ring substituents is 2. The number of carbonyl (C=O) groups is 1. The molecule has 1 fully saturated rings. The van der Waals surface area contributed by atoms with Gasteiger partial charge in [0.25, 0.3) is 11.4 Å². The molecule has 0 aliphatic carbocycles. The van der Waals surface area contributed by atoms with E-state index in [4.69, 9.17) is 5.73 Å². The summed E-state index contributed by atoms with van der Waals surface area (Å²) in [6, 6.07) is 1.88. The van der Waals surface area contributed by atoms with Gasteiger partial charge in [0.2, 0.25) is 5.91 Å². The molecule has 2 atom stereocenters. The van der Waals surface area contributed by atoms with Gasteiger partial charge in [-0.15, -0.1) is 0 Å². The van der Waals surface area contributed by atoms with Crippen molar-refractivity contribution >= 4 is 23.0 Å². The van der Waals surface area contributed by atoms with Crippen molar-refractivity contribution in [3.8, 4) is 0 Å². The number of benzene rings is 1. The smallest absolute Gasteiger partial charge is 0.300 e. The van der Waals surface area contributed by atoms with Gasteiger partial charge in [0.05, 0.1) is 15.4 Å². The summed E-state index contributed by atoms with van der Waals surface area (Å²) in [5.41, 5.74) is 3.91. The van der Waals surface area contributed by atoms with Gasteiger partial charge in [0.1, 0.15) is 0 Å². The summed E-state index contributed by atoms with van der Waals surface area (Å²) in [6.45, 7) is 3.76. The molecule has 1 saturated heterocycles. The number of primary amides is 1. The fourth-order valence-electron chi connectivity index (χ4n) is 3.15. The lowest BCUT2D eigenvalue weighted by Crippen LogP contribution is -2.44. The van der Waals surface area contributed by atoms with Gasteiger partial charge >= 0.3 is 0 Å². The zero-order valence-electron chi connectivity index (χ0n) is 12.9. The fraction of sp³-hybridized carbons (Fsp3) is 0.500. The van der Waals surface area contributed by atoms with Crippen molar-refractivity contribution in [3.63, 3.8) is 0 Å². The maximum absolute atomic E-state index is 11.4. The molecule has 1 heterocycles. The van der Waals surface area contributed by atoms with E-state index in [0.717, 1.165) is 31.4 Å². The Kier molecular flexibility index (Phi) is 4.48. The zero-order chi connectivity index (χ0) is 17.3. The Balaban J connectivity index is 2.75. The van der Waals surface area contributed by atoms with Crippen LogP contribution in [0.1, 0.15) is 43.5 Å². The van der Waals surface area contributed by atoms with E-state index in [2.05, 4.69) is 0 Å². The van der Waals surface area contributed by atoms with E-state index in [1.807, 2.05) is 13.8 Å². The Labute approximate surface area is 132 Å². The highest BCUT2D eigenvalue weighted by Crippen LogP contribution is 2.43. The Bertz CT molecular complexity index is 630. The van der Waals surface area contributed by atoms with Gasteiger partial charge in [-0.05, 0) is 33.1 Å². The molecule has 1 amide bonds. The number of rotatable bonds is 4. The molecule has 1 aliphatic rings. The van der Waals surface area contributed by atoms with Crippen LogP contribution in [0.3, 0.4) is 0 Å². The van der Waals surface area contributed by atoms with Crippen LogP contribution in [0.25, 0.3) is 0 Å². The van der Waals surface area contributed by atoms with Gasteiger partial charge in [-0.2, -0.15) is 0 Å². The second kappa shape index (κ2) is 6.19. The third-order valence-corrected chi connectivity index (χ3v) is 4.20. The highest BCUT2D eigenvalue weighted by atomic mass is 16.6. The van der Waals surface area contributed by atoms with Gasteiger partial charge in [-0.25, -0.2) is 0 Å². The second-order valence-electron chi connectivity index (χ2n) is 5.78. The maximum Gasteiger partial charge on any atom is 0.300 e. The van der Waals surface area contributed by atoms with Crippen molar-refractivity contribution in [2.75, 3.05) is 4.90 Å². The quantitative estimate of drug-likeness (QED) is 0.668. The van der Waals surface area contributed by atoms with Crippen LogP contribution in [0.4, 0.5) is 17.1 Å². The molecule has 0 radical (unpaired) electrons. The van der Waals surface area contributed by atoms with Crippen molar-refractivity contribution in [1.82, 2.24) is 0 Å². The van der Waals surface area contributed by atoms with Crippen molar-refractivity contribution in [3.05, 3.63) is 37.9 Å². The molecular formula is C14H18N4O5. The van der Waals surface area contributed by atoms with Gasteiger partial charge in [0, 0.05) is 24.2 Å². The summed E-state index contributed by atoms with van der Waals surface area (Å²) in [7, 11) is 0. The van der Waals surface area contributed by atoms with Crippen LogP contribution in [0.2, 0.25) is 0 Å². The van der Waals surface area contributed by atoms with Crippen LogP contribution in [0, 0.1) is 20.2 Å². The molecule has 0 saturated carbocycles. The molecular weight excluding hydrogens is 304 g/mol. The number of amides is 1. The first-order valence-electron chi connectivity index (χ1n) is 7.29. The minimum absolute atomic E-state index is 0.0512. The number of nitrogens with two attached hydrogens (primary N) is 1. The summed E-state index contributed by atoms with van der Waals surface area (Å²) in [6.07, 6.45) is 2.53. The molecule has 1 aliphatic heterocycles. The van der Waals surface area contributed by atoms with E-state index < -0.39 is 27.1 Å². The van der Waals surface area contributed by atoms with Crippen molar-refractivity contribution in [2.24, 2.45) is 5.73 Å². The lowest BCUT2D eigenvalue weighted by Gasteiger charge is -2.40. The molecule has 0 spiro atoms. The van der Waals surface area contributed by atoms with Crippen molar-refractivity contribution < 1.29 is 14.6 Å². The summed E-state index contributed by atoms with van der Waals surface area (Å²) in [5, 5.41) is 22.9. The SMILES string of the molecule is CC1CCCC(C)N1c1c([N+](=O)[O-])cc(C(N)=O)cc1[N+](=O)[O-]. The molecule has 23 heavy (non-hydrogen) atoms. The zero-order valence-corrected chi connectivity index (χ0v) is 12.9. The van der Waals surface area contributed by atoms with E-state index in [1.165, 1.54) is 0 Å². The number of hydrogen-bond acceptors (Lipinski definition) is 6. The number of piperidine rings is 1. The third kappa shape index (κ3) is 3.08. The van der Waals surface area contributed by atoms with Gasteiger partial charge in [0.15, 0.2) is 5.69 Å². The predicted octanol–water partition coefficient (Wildman–Crippen LogP) is 2.37. The molecule has 1 aromatic rings. The van der Waals surface area contributed by atoms with Crippen LogP contribution >= 0.6 is 0 Å². The number of nitro groups is 2. The van der Waals surface area contributed by atoms with Gasteiger partial charge in [-0.1, -0.05) is 0 Å². The Morgan fingerprint density at radius 3 is 1.91 bits per heavy atom. The summed E-state index contributed by atoms with van der Waals surface area (Å²) in [5.74, 6) is -0.942. The molecule has 9 heteroatoms. The molecule has 9 nitrogen and oxygen atoms in total. The highest BCUT2D eigenvalue weighted by Gasteiger charge is 2.37. The monoisotopic (exact) mass is 322 g/mol. The average Bonchev–Trinajstić information content (AvgIpc) is 2.46. The lowest BCUT2D eigenvalue weighted by atomic mass is 9.95. The Morgan fingerprint density at radius 1 is 1.13 bits per heavy atom. The van der Waals surface area contributed by atoms with Crippen LogP contribution in [0.15, 0.2) is 12.1 Å². The topological polar surface area (TPSA) is 133 Å². The normalized spacial score (nSPS) is 21.0. The average molecular weight is 322 g/mol. The standard InChI is InChI=1S/C14H18N4O5/c1-8-4-3-5-9(2)16(8)13-11(17(20)21)6-10(14(15)19)7-12(13)18(22)23/h6-9H,3-5H2,1-2H3,(H2,15,19). The molecule has 124 valence electrons. The minimum atomic E-state index is -0.942. The number of carbonyl (C=O) groups excluding carboxylic acids is 1. The predicted molar refractivity (Wildman–Crippen MR) is 83.5 cm³/mol. The molecule has 0 bridgehead atoms. The van der Waals surface area contributed by atoms with Crippen molar-refractivity contribution in [1.29, 1.82) is 0 Å². The fourth-order valence-corrected chi connectivity index (χ4v) is 3.15. The Hall–Kier alpha value is -2.71. The minimum Gasteiger partial charge on any atom is -0.366 e. The highest BCUT2D eigenvalue weighted by molar-refractivity contribution is 5.96. The number of anilines is 1. The number of nitrogens with zero attached hydrogens (tertiary/aromatic N) is 3. The molecule has 2 N–H and O–H groups in total. The summed E-state index contributed by atoms with van der Waals surface area (Å²) < 4.78 is 0. The van der Waals surface area contributed by atoms with Crippen LogP contribution < -0.4 is 10.6 Å². The van der Waals surface area contributed by atoms with E-state index in [0.29, 0.717) is 0 Å². The van der Waals surface area contributed by atoms with E-state index in [1.54, 1.807) is 4.90 Å². The van der Waals surface area contributed by atoms with Crippen LogP contribution in [0.5, 0.6) is 0 Å². The van der Waals surface area contributed by atoms with Crippen LogP contribution in [-0.4, -0.2) is 27.8 Å². The maximum atomic E-state index is 11.4. The molecule has 2 rings (SSSR count). The number of hydrogen-bond donors (Lipinski definition) is 1. The summed E-state index contributed by atoms with van der Waals surface area (Å²) >= 11 is 0. The first-order chi connectivity index (χ1) is 10.7. The van der Waals surface area contributed by atoms with Crippen LogP contribution in [-0.2, 0) is 0 Å². The largest absolute Gasteiger partial charge is 0.366 e. The van der Waals surface area contributed by atoms with Gasteiger partial charge in [-0.3, -0.25) is 25.0 Å². The Morgan fingerprint density at radius 2 is 1.57 bits per heavy atom. The van der Waals surface area contributed by atoms with E-state index >= 15 is 0 Å². The third-order valence-electron chi connectivity index (χ3n) is 4.20. The van der Waals surface area contributed by atoms with E-state index in [-0.39, 0.29) is 23.3 Å². The lowest BCUT2D eigenvalue weighted by molar-refractivity contribution is -0.392. The first-order valence-corrected chi connectivity index (χ1v) is 7.29. The molecule has 2 unspecified atom stereocenters. The second-order valence-corrected chi connectivity index (χ2v) is 5.78. The van der Waals surface area contributed by atoms with E-state index in [9.17, 15) is 25.0 Å². The molecule has 0 aromatic heterocycles. The first kappa shape index (κ1) is 16.7. The van der Waals surface area contributed by atoms with Crippen molar-refractivity contribution in [2.45, 2.75) is 45.2 Å².